The second kappa shape index (κ2) is 8.13. The Bertz CT molecular complexity index is 471. The summed E-state index contributed by atoms with van der Waals surface area (Å²) in [6.45, 7) is 12.6. The first kappa shape index (κ1) is 16.7. The lowest BCUT2D eigenvalue weighted by Gasteiger charge is -2.21. The predicted molar refractivity (Wildman–Crippen MR) is 91.8 cm³/mol. The molecule has 0 spiro atoms. The van der Waals surface area contributed by atoms with Crippen molar-refractivity contribution in [2.45, 2.75) is 46.3 Å². The molecule has 22 heavy (non-hydrogen) atoms. The Balaban J connectivity index is 1.96. The molecule has 0 radical (unpaired) electrons. The van der Waals surface area contributed by atoms with Gasteiger partial charge in [-0.05, 0) is 38.8 Å². The molecule has 2 unspecified atom stereocenters. The van der Waals surface area contributed by atoms with Crippen LogP contribution in [0.15, 0.2) is 29.4 Å². The fourth-order valence-corrected chi connectivity index (χ4v) is 2.76. The highest BCUT2D eigenvalue weighted by molar-refractivity contribution is 5.80. The number of pyridine rings is 1. The first-order valence-corrected chi connectivity index (χ1v) is 8.29. The number of hydrogen-bond acceptors (Lipinski definition) is 3. The zero-order valence-corrected chi connectivity index (χ0v) is 14.2. The number of nitrogens with zero attached hydrogens (tertiary/aromatic N) is 3. The monoisotopic (exact) mass is 303 g/mol. The summed E-state index contributed by atoms with van der Waals surface area (Å²) in [6.07, 6.45) is 1.81. The van der Waals surface area contributed by atoms with Crippen LogP contribution in [0.25, 0.3) is 0 Å². The fraction of sp³-hybridized carbons (Fsp3) is 0.647. The standard InChI is InChI=1S/C17H29N5/c1-5-18-17(20-10-15-8-6-7-9-19-15)21-16-12-22(13(2)3)11-14(16)4/h6-9,13-14,16H,5,10-12H2,1-4H3,(H2,18,20,21). The van der Waals surface area contributed by atoms with Crippen molar-refractivity contribution in [2.24, 2.45) is 10.9 Å². The molecule has 1 aromatic heterocycles. The lowest BCUT2D eigenvalue weighted by molar-refractivity contribution is 0.265. The van der Waals surface area contributed by atoms with Crippen molar-refractivity contribution in [1.82, 2.24) is 20.5 Å². The molecule has 1 aliphatic heterocycles. The van der Waals surface area contributed by atoms with Crippen molar-refractivity contribution in [2.75, 3.05) is 19.6 Å². The molecule has 2 heterocycles. The molecule has 1 saturated heterocycles. The summed E-state index contributed by atoms with van der Waals surface area (Å²) in [4.78, 5) is 11.5. The third kappa shape index (κ3) is 4.70. The lowest BCUT2D eigenvalue weighted by atomic mass is 10.1. The molecule has 2 N–H and O–H groups in total. The summed E-state index contributed by atoms with van der Waals surface area (Å²) in [5, 5.41) is 6.93. The highest BCUT2D eigenvalue weighted by atomic mass is 15.3. The highest BCUT2D eigenvalue weighted by Gasteiger charge is 2.31. The minimum absolute atomic E-state index is 0.448. The van der Waals surface area contributed by atoms with Gasteiger partial charge in [-0.3, -0.25) is 9.88 Å². The van der Waals surface area contributed by atoms with E-state index in [4.69, 9.17) is 0 Å². The average Bonchev–Trinajstić information content (AvgIpc) is 2.87. The van der Waals surface area contributed by atoms with Crippen LogP contribution in [0, 0.1) is 5.92 Å². The Morgan fingerprint density at radius 2 is 2.23 bits per heavy atom. The molecular formula is C17H29N5. The summed E-state index contributed by atoms with van der Waals surface area (Å²) in [5.74, 6) is 1.51. The maximum Gasteiger partial charge on any atom is 0.191 e. The number of likely N-dealkylation sites (tertiary alicyclic amines) is 1. The summed E-state index contributed by atoms with van der Waals surface area (Å²) in [6, 6.07) is 6.98. The Morgan fingerprint density at radius 1 is 1.41 bits per heavy atom. The minimum atomic E-state index is 0.448. The van der Waals surface area contributed by atoms with Gasteiger partial charge in [0.05, 0.1) is 12.2 Å². The van der Waals surface area contributed by atoms with Crippen LogP contribution in [0.2, 0.25) is 0 Å². The maximum absolute atomic E-state index is 4.66. The smallest absolute Gasteiger partial charge is 0.191 e. The molecule has 0 aliphatic carbocycles. The molecular weight excluding hydrogens is 274 g/mol. The number of nitrogens with one attached hydrogen (secondary N) is 2. The van der Waals surface area contributed by atoms with Crippen LogP contribution in [0.5, 0.6) is 0 Å². The third-order valence-corrected chi connectivity index (χ3v) is 4.16. The number of rotatable bonds is 5. The van der Waals surface area contributed by atoms with E-state index < -0.39 is 0 Å². The van der Waals surface area contributed by atoms with Gasteiger partial charge in [-0.25, -0.2) is 4.99 Å². The Labute approximate surface area is 134 Å². The molecule has 0 bridgehead atoms. The number of guanidine groups is 1. The van der Waals surface area contributed by atoms with Crippen molar-refractivity contribution in [3.63, 3.8) is 0 Å². The molecule has 5 nitrogen and oxygen atoms in total. The van der Waals surface area contributed by atoms with E-state index in [9.17, 15) is 0 Å². The summed E-state index contributed by atoms with van der Waals surface area (Å²) in [5.41, 5.74) is 0.989. The lowest BCUT2D eigenvalue weighted by Crippen LogP contribution is -2.46. The quantitative estimate of drug-likeness (QED) is 0.644. The van der Waals surface area contributed by atoms with E-state index >= 15 is 0 Å². The second-order valence-electron chi connectivity index (χ2n) is 6.29. The van der Waals surface area contributed by atoms with Crippen LogP contribution < -0.4 is 10.6 Å². The van der Waals surface area contributed by atoms with E-state index in [-0.39, 0.29) is 0 Å². The molecule has 5 heteroatoms. The molecule has 1 aliphatic rings. The maximum atomic E-state index is 4.66. The van der Waals surface area contributed by atoms with E-state index in [1.807, 2.05) is 24.4 Å². The van der Waals surface area contributed by atoms with Gasteiger partial charge in [0.15, 0.2) is 5.96 Å². The van der Waals surface area contributed by atoms with Gasteiger partial charge in [0.2, 0.25) is 0 Å². The molecule has 122 valence electrons. The molecule has 2 rings (SSSR count). The van der Waals surface area contributed by atoms with Gasteiger partial charge in [-0.2, -0.15) is 0 Å². The number of aliphatic imine (C=N–C) groups is 1. The van der Waals surface area contributed by atoms with Crippen molar-refractivity contribution in [3.05, 3.63) is 30.1 Å². The van der Waals surface area contributed by atoms with E-state index in [0.29, 0.717) is 24.5 Å². The van der Waals surface area contributed by atoms with Crippen LogP contribution in [0.1, 0.15) is 33.4 Å². The molecule has 1 fully saturated rings. The van der Waals surface area contributed by atoms with Gasteiger partial charge in [0.25, 0.3) is 0 Å². The molecule has 1 aromatic rings. The minimum Gasteiger partial charge on any atom is -0.357 e. The molecule has 0 aromatic carbocycles. The zero-order chi connectivity index (χ0) is 15.9. The van der Waals surface area contributed by atoms with Crippen LogP contribution in [0.4, 0.5) is 0 Å². The first-order valence-electron chi connectivity index (χ1n) is 8.29. The van der Waals surface area contributed by atoms with Gasteiger partial charge >= 0.3 is 0 Å². The summed E-state index contributed by atoms with van der Waals surface area (Å²) >= 11 is 0. The van der Waals surface area contributed by atoms with Crippen molar-refractivity contribution in [3.8, 4) is 0 Å². The fourth-order valence-electron chi connectivity index (χ4n) is 2.76. The predicted octanol–water partition coefficient (Wildman–Crippen LogP) is 1.87. The third-order valence-electron chi connectivity index (χ3n) is 4.16. The topological polar surface area (TPSA) is 52.6 Å². The average molecular weight is 303 g/mol. The van der Waals surface area contributed by atoms with Gasteiger partial charge < -0.3 is 10.6 Å². The number of aromatic nitrogens is 1. The van der Waals surface area contributed by atoms with Crippen LogP contribution in [0.3, 0.4) is 0 Å². The highest BCUT2D eigenvalue weighted by Crippen LogP contribution is 2.18. The van der Waals surface area contributed by atoms with E-state index in [2.05, 4.69) is 53.2 Å². The van der Waals surface area contributed by atoms with Crippen LogP contribution >= 0.6 is 0 Å². The van der Waals surface area contributed by atoms with Gasteiger partial charge in [0.1, 0.15) is 0 Å². The summed E-state index contributed by atoms with van der Waals surface area (Å²) < 4.78 is 0. The molecule has 0 amide bonds. The SMILES string of the molecule is CCNC(=NCc1ccccn1)NC1CN(C(C)C)CC1C. The van der Waals surface area contributed by atoms with Crippen LogP contribution in [-0.4, -0.2) is 47.6 Å². The Morgan fingerprint density at radius 3 is 2.82 bits per heavy atom. The largest absolute Gasteiger partial charge is 0.357 e. The molecule has 0 saturated carbocycles. The van der Waals surface area contributed by atoms with E-state index in [1.165, 1.54) is 0 Å². The van der Waals surface area contributed by atoms with E-state index in [0.717, 1.165) is 31.3 Å². The zero-order valence-electron chi connectivity index (χ0n) is 14.2. The Kier molecular flexibility index (Phi) is 6.19. The van der Waals surface area contributed by atoms with Gasteiger partial charge in [-0.1, -0.05) is 13.0 Å². The van der Waals surface area contributed by atoms with Crippen molar-refractivity contribution >= 4 is 5.96 Å². The Hall–Kier alpha value is -1.62. The van der Waals surface area contributed by atoms with Crippen molar-refractivity contribution in [1.29, 1.82) is 0 Å². The van der Waals surface area contributed by atoms with Crippen LogP contribution in [-0.2, 0) is 6.54 Å². The first-order chi connectivity index (χ1) is 10.6. The van der Waals surface area contributed by atoms with Gasteiger partial charge in [-0.15, -0.1) is 0 Å². The normalized spacial score (nSPS) is 23.0. The van der Waals surface area contributed by atoms with E-state index in [1.54, 1.807) is 0 Å². The molecule has 2 atom stereocenters. The van der Waals surface area contributed by atoms with Crippen molar-refractivity contribution < 1.29 is 0 Å². The van der Waals surface area contributed by atoms with Gasteiger partial charge in [0, 0.05) is 37.9 Å². The number of hydrogen-bond donors (Lipinski definition) is 2. The summed E-state index contributed by atoms with van der Waals surface area (Å²) in [7, 11) is 0. The second-order valence-corrected chi connectivity index (χ2v) is 6.29.